The van der Waals surface area contributed by atoms with Crippen molar-refractivity contribution < 1.29 is 4.74 Å². The fourth-order valence-electron chi connectivity index (χ4n) is 2.33. The summed E-state index contributed by atoms with van der Waals surface area (Å²) in [6.45, 7) is 2.01. The third-order valence-electron chi connectivity index (χ3n) is 3.29. The molecule has 0 unspecified atom stereocenters. The Kier molecular flexibility index (Phi) is 3.03. The van der Waals surface area contributed by atoms with Crippen molar-refractivity contribution in [3.8, 4) is 11.4 Å². The normalized spacial score (nSPS) is 10.9. The number of imidazole rings is 1. The molecule has 0 bridgehead atoms. The largest absolute Gasteiger partial charge is 0.497 e. The lowest BCUT2D eigenvalue weighted by atomic mass is 10.2. The quantitative estimate of drug-likeness (QED) is 0.784. The minimum atomic E-state index is 0.440. The molecule has 4 nitrogen and oxygen atoms in total. The number of nitrogen functional groups attached to an aromatic ring is 1. The Morgan fingerprint density at radius 3 is 2.70 bits per heavy atom. The first kappa shape index (κ1) is 12.8. The molecule has 102 valence electrons. The summed E-state index contributed by atoms with van der Waals surface area (Å²) in [7, 11) is 1.65. The molecule has 1 heterocycles. The van der Waals surface area contributed by atoms with E-state index in [-0.39, 0.29) is 0 Å². The van der Waals surface area contributed by atoms with Gasteiger partial charge in [0.05, 0.1) is 23.8 Å². The van der Waals surface area contributed by atoms with Gasteiger partial charge in [-0.2, -0.15) is 0 Å². The second kappa shape index (κ2) is 4.72. The third-order valence-corrected chi connectivity index (χ3v) is 3.52. The maximum absolute atomic E-state index is 6.07. The molecule has 0 radical (unpaired) electrons. The number of aryl methyl sites for hydroxylation is 1. The minimum absolute atomic E-state index is 0.440. The molecular weight excluding hydrogens is 274 g/mol. The lowest BCUT2D eigenvalue weighted by Gasteiger charge is -2.11. The van der Waals surface area contributed by atoms with Crippen LogP contribution < -0.4 is 10.5 Å². The van der Waals surface area contributed by atoms with Crippen LogP contribution in [0, 0.1) is 6.92 Å². The molecule has 0 aliphatic carbocycles. The van der Waals surface area contributed by atoms with Crippen LogP contribution in [-0.2, 0) is 0 Å². The number of halogens is 1. The molecule has 0 amide bonds. The zero-order valence-corrected chi connectivity index (χ0v) is 12.0. The molecule has 0 fully saturated rings. The fourth-order valence-corrected chi connectivity index (χ4v) is 2.49. The standard InChI is InChI=1S/C15H14ClN3O/c1-9-7-11(20-2)4-6-13(9)19-14-8-10(16)3-5-12(14)18-15(19)17/h3-8H,1-2H3,(H2,17,18). The van der Waals surface area contributed by atoms with Crippen LogP contribution in [0.2, 0.25) is 5.02 Å². The SMILES string of the molecule is COc1ccc(-n2c(N)nc3ccc(Cl)cc32)c(C)c1. The smallest absolute Gasteiger partial charge is 0.205 e. The number of ether oxygens (including phenoxy) is 1. The predicted molar refractivity (Wildman–Crippen MR) is 81.8 cm³/mol. The van der Waals surface area contributed by atoms with Gasteiger partial charge in [-0.3, -0.25) is 4.57 Å². The Bertz CT molecular complexity index is 795. The minimum Gasteiger partial charge on any atom is -0.497 e. The van der Waals surface area contributed by atoms with Crippen molar-refractivity contribution in [1.82, 2.24) is 9.55 Å². The van der Waals surface area contributed by atoms with Gasteiger partial charge >= 0.3 is 0 Å². The van der Waals surface area contributed by atoms with Gasteiger partial charge in [0.2, 0.25) is 5.95 Å². The summed E-state index contributed by atoms with van der Waals surface area (Å²) in [5, 5.41) is 0.657. The fraction of sp³-hybridized carbons (Fsp3) is 0.133. The number of fused-ring (bicyclic) bond motifs is 1. The third kappa shape index (κ3) is 1.98. The molecule has 5 heteroatoms. The zero-order valence-electron chi connectivity index (χ0n) is 11.2. The molecule has 0 saturated carbocycles. The van der Waals surface area contributed by atoms with Crippen LogP contribution in [0.1, 0.15) is 5.56 Å². The van der Waals surface area contributed by atoms with Crippen LogP contribution in [0.4, 0.5) is 5.95 Å². The first-order valence-electron chi connectivity index (χ1n) is 6.18. The molecule has 1 aromatic heterocycles. The molecule has 2 aromatic carbocycles. The lowest BCUT2D eigenvalue weighted by molar-refractivity contribution is 0.414. The van der Waals surface area contributed by atoms with E-state index >= 15 is 0 Å². The number of methoxy groups -OCH3 is 1. The van der Waals surface area contributed by atoms with Gasteiger partial charge in [0.15, 0.2) is 0 Å². The first-order valence-corrected chi connectivity index (χ1v) is 6.56. The highest BCUT2D eigenvalue weighted by atomic mass is 35.5. The van der Waals surface area contributed by atoms with E-state index in [4.69, 9.17) is 22.1 Å². The van der Waals surface area contributed by atoms with Crippen LogP contribution in [0.3, 0.4) is 0 Å². The number of benzene rings is 2. The maximum Gasteiger partial charge on any atom is 0.205 e. The Hall–Kier alpha value is -2.20. The van der Waals surface area contributed by atoms with Crippen molar-refractivity contribution in [2.75, 3.05) is 12.8 Å². The molecule has 0 atom stereocenters. The van der Waals surface area contributed by atoms with E-state index in [0.717, 1.165) is 28.0 Å². The van der Waals surface area contributed by atoms with E-state index in [1.54, 1.807) is 7.11 Å². The van der Waals surface area contributed by atoms with Gasteiger partial charge in [-0.15, -0.1) is 0 Å². The van der Waals surface area contributed by atoms with Gasteiger partial charge in [0.1, 0.15) is 5.75 Å². The number of nitrogens with two attached hydrogens (primary N) is 1. The highest BCUT2D eigenvalue weighted by Gasteiger charge is 2.12. The number of rotatable bonds is 2. The Morgan fingerprint density at radius 1 is 1.20 bits per heavy atom. The van der Waals surface area contributed by atoms with E-state index in [1.165, 1.54) is 0 Å². The molecule has 0 saturated heterocycles. The van der Waals surface area contributed by atoms with Crippen molar-refractivity contribution in [3.63, 3.8) is 0 Å². The van der Waals surface area contributed by atoms with Crippen LogP contribution in [0.15, 0.2) is 36.4 Å². The first-order chi connectivity index (χ1) is 9.60. The number of anilines is 1. The van der Waals surface area contributed by atoms with Crippen molar-refractivity contribution in [1.29, 1.82) is 0 Å². The molecule has 0 spiro atoms. The Balaban J connectivity index is 2.28. The molecular formula is C15H14ClN3O. The molecule has 3 rings (SSSR count). The highest BCUT2D eigenvalue weighted by Crippen LogP contribution is 2.28. The van der Waals surface area contributed by atoms with Gasteiger partial charge in [-0.05, 0) is 48.9 Å². The summed E-state index contributed by atoms with van der Waals surface area (Å²) in [6.07, 6.45) is 0. The van der Waals surface area contributed by atoms with E-state index in [0.29, 0.717) is 11.0 Å². The van der Waals surface area contributed by atoms with Crippen LogP contribution >= 0.6 is 11.6 Å². The Labute approximate surface area is 121 Å². The van der Waals surface area contributed by atoms with E-state index in [9.17, 15) is 0 Å². The van der Waals surface area contributed by atoms with Gasteiger partial charge in [0.25, 0.3) is 0 Å². The Morgan fingerprint density at radius 2 is 2.00 bits per heavy atom. The predicted octanol–water partition coefficient (Wildman–Crippen LogP) is 3.58. The van der Waals surface area contributed by atoms with Crippen LogP contribution in [0.5, 0.6) is 5.75 Å². The topological polar surface area (TPSA) is 53.1 Å². The van der Waals surface area contributed by atoms with Gasteiger partial charge in [-0.25, -0.2) is 4.98 Å². The number of aromatic nitrogens is 2. The monoisotopic (exact) mass is 287 g/mol. The number of hydrogen-bond donors (Lipinski definition) is 1. The average molecular weight is 288 g/mol. The van der Waals surface area contributed by atoms with E-state index in [1.807, 2.05) is 47.9 Å². The molecule has 20 heavy (non-hydrogen) atoms. The number of hydrogen-bond acceptors (Lipinski definition) is 3. The summed E-state index contributed by atoms with van der Waals surface area (Å²) < 4.78 is 7.13. The van der Waals surface area contributed by atoms with Gasteiger partial charge in [-0.1, -0.05) is 11.6 Å². The van der Waals surface area contributed by atoms with E-state index < -0.39 is 0 Å². The van der Waals surface area contributed by atoms with Crippen molar-refractivity contribution in [2.24, 2.45) is 0 Å². The summed E-state index contributed by atoms with van der Waals surface area (Å²) >= 11 is 6.07. The molecule has 0 aliphatic rings. The molecule has 3 aromatic rings. The summed E-state index contributed by atoms with van der Waals surface area (Å²) in [5.41, 5.74) is 9.78. The number of nitrogens with zero attached hydrogens (tertiary/aromatic N) is 2. The van der Waals surface area contributed by atoms with Crippen molar-refractivity contribution >= 4 is 28.6 Å². The lowest BCUT2D eigenvalue weighted by Crippen LogP contribution is -2.02. The average Bonchev–Trinajstić information content (AvgIpc) is 2.74. The van der Waals surface area contributed by atoms with Gasteiger partial charge < -0.3 is 10.5 Å². The van der Waals surface area contributed by atoms with E-state index in [2.05, 4.69) is 4.98 Å². The second-order valence-electron chi connectivity index (χ2n) is 4.59. The van der Waals surface area contributed by atoms with Gasteiger partial charge in [0, 0.05) is 5.02 Å². The summed E-state index contributed by atoms with van der Waals surface area (Å²) in [6, 6.07) is 11.4. The zero-order chi connectivity index (χ0) is 14.3. The second-order valence-corrected chi connectivity index (χ2v) is 5.03. The maximum atomic E-state index is 6.07. The van der Waals surface area contributed by atoms with Crippen LogP contribution in [-0.4, -0.2) is 16.7 Å². The van der Waals surface area contributed by atoms with Crippen molar-refractivity contribution in [3.05, 3.63) is 47.0 Å². The van der Waals surface area contributed by atoms with Crippen LogP contribution in [0.25, 0.3) is 16.7 Å². The molecule has 0 aliphatic heterocycles. The van der Waals surface area contributed by atoms with Crippen molar-refractivity contribution in [2.45, 2.75) is 6.92 Å². The molecule has 2 N–H and O–H groups in total. The summed E-state index contributed by atoms with van der Waals surface area (Å²) in [4.78, 5) is 4.37. The highest BCUT2D eigenvalue weighted by molar-refractivity contribution is 6.31. The summed E-state index contributed by atoms with van der Waals surface area (Å²) in [5.74, 6) is 1.25.